The van der Waals surface area contributed by atoms with E-state index in [0.717, 1.165) is 27.6 Å². The first-order chi connectivity index (χ1) is 11.1. The van der Waals surface area contributed by atoms with Gasteiger partial charge in [0.05, 0.1) is 10.6 Å². The Bertz CT molecular complexity index is 890. The molecule has 24 heavy (non-hydrogen) atoms. The summed E-state index contributed by atoms with van der Waals surface area (Å²) >= 11 is 3.16. The van der Waals surface area contributed by atoms with E-state index in [-0.39, 0.29) is 18.2 Å². The molecule has 0 fully saturated rings. The van der Waals surface area contributed by atoms with Crippen LogP contribution in [0.5, 0.6) is 0 Å². The number of hydrogen-bond donors (Lipinski definition) is 0. The number of benzene rings is 1. The van der Waals surface area contributed by atoms with Gasteiger partial charge in [-0.1, -0.05) is 23.5 Å². The number of aromatic nitrogens is 1. The quantitative estimate of drug-likeness (QED) is 0.555. The molecule has 0 saturated heterocycles. The van der Waals surface area contributed by atoms with Crippen molar-refractivity contribution in [1.29, 1.82) is 0 Å². The number of halogens is 1. The van der Waals surface area contributed by atoms with Gasteiger partial charge in [-0.3, -0.25) is 4.79 Å². The zero-order valence-corrected chi connectivity index (χ0v) is 16.2. The van der Waals surface area contributed by atoms with Gasteiger partial charge in [0.15, 0.2) is 10.6 Å². The number of nitrogens with zero attached hydrogens (tertiary/aromatic N) is 2. The highest BCUT2D eigenvalue weighted by molar-refractivity contribution is 7.11. The van der Waals surface area contributed by atoms with Gasteiger partial charge in [0, 0.05) is 19.2 Å². The predicted molar refractivity (Wildman–Crippen MR) is 105 cm³/mol. The molecule has 0 aliphatic heterocycles. The Labute approximate surface area is 155 Å². The molecule has 2 aromatic heterocycles. The van der Waals surface area contributed by atoms with Gasteiger partial charge in [0.2, 0.25) is 0 Å². The van der Waals surface area contributed by atoms with Crippen molar-refractivity contribution in [3.8, 4) is 11.1 Å². The third-order valence-corrected chi connectivity index (χ3v) is 5.70. The molecule has 0 radical (unpaired) electrons. The lowest BCUT2D eigenvalue weighted by atomic mass is 10.1. The van der Waals surface area contributed by atoms with E-state index in [1.165, 1.54) is 22.5 Å². The third kappa shape index (κ3) is 3.69. The average molecular weight is 379 g/mol. The summed E-state index contributed by atoms with van der Waals surface area (Å²) in [5.41, 5.74) is 4.33. The van der Waals surface area contributed by atoms with Gasteiger partial charge in [-0.05, 0) is 53.9 Å². The van der Waals surface area contributed by atoms with Crippen molar-refractivity contribution in [3.63, 3.8) is 0 Å². The highest BCUT2D eigenvalue weighted by Gasteiger charge is 2.12. The lowest BCUT2D eigenvalue weighted by molar-refractivity contribution is 0.102. The summed E-state index contributed by atoms with van der Waals surface area (Å²) in [6.45, 7) is 6.47. The first-order valence-electron chi connectivity index (χ1n) is 7.48. The highest BCUT2D eigenvalue weighted by atomic mass is 35.5. The molecule has 3 aromatic rings. The SMILES string of the molecule is CCn1c(C)c(C(C)=O)s/c1=N\c1ccc(-c2ccsc2)cc1.Cl. The Morgan fingerprint density at radius 1 is 1.17 bits per heavy atom. The van der Waals surface area contributed by atoms with Gasteiger partial charge in [-0.25, -0.2) is 4.99 Å². The molecule has 0 bridgehead atoms. The summed E-state index contributed by atoms with van der Waals surface area (Å²) in [5, 5.41) is 4.22. The second-order valence-corrected chi connectivity index (χ2v) is 7.03. The van der Waals surface area contributed by atoms with Gasteiger partial charge in [0.1, 0.15) is 0 Å². The first kappa shape index (κ1) is 18.6. The van der Waals surface area contributed by atoms with Crippen molar-refractivity contribution in [1.82, 2.24) is 4.57 Å². The maximum atomic E-state index is 11.7. The smallest absolute Gasteiger partial charge is 0.190 e. The van der Waals surface area contributed by atoms with E-state index in [1.54, 1.807) is 18.3 Å². The van der Waals surface area contributed by atoms with Crippen molar-refractivity contribution in [2.24, 2.45) is 4.99 Å². The topological polar surface area (TPSA) is 34.4 Å². The number of Topliss-reactive ketones (excluding diaryl/α,β-unsaturated/α-hetero) is 1. The molecule has 2 heterocycles. The van der Waals surface area contributed by atoms with Crippen molar-refractivity contribution >= 4 is 46.6 Å². The Hall–Kier alpha value is -1.69. The Balaban J connectivity index is 0.00000208. The van der Waals surface area contributed by atoms with E-state index < -0.39 is 0 Å². The van der Waals surface area contributed by atoms with Crippen LogP contribution in [-0.2, 0) is 6.54 Å². The van der Waals surface area contributed by atoms with Gasteiger partial charge < -0.3 is 4.57 Å². The fourth-order valence-electron chi connectivity index (χ4n) is 2.54. The molecule has 0 amide bonds. The number of rotatable bonds is 4. The number of carbonyl (C=O) groups excluding carboxylic acids is 1. The second-order valence-electron chi connectivity index (χ2n) is 5.27. The molecule has 3 rings (SSSR count). The van der Waals surface area contributed by atoms with Crippen LogP contribution < -0.4 is 4.80 Å². The Kier molecular flexibility index (Phi) is 6.15. The van der Waals surface area contributed by atoms with Crippen LogP contribution in [0, 0.1) is 6.92 Å². The standard InChI is InChI=1S/C18H18N2OS2.ClH/c1-4-20-12(2)17(13(3)21)23-18(20)19-16-7-5-14(6-8-16)15-9-10-22-11-15;/h5-11H,4H2,1-3H3;1H/b19-18-;. The fraction of sp³-hybridized carbons (Fsp3) is 0.222. The molecule has 0 aliphatic rings. The van der Waals surface area contributed by atoms with Gasteiger partial charge in [-0.2, -0.15) is 11.3 Å². The van der Waals surface area contributed by atoms with Crippen molar-refractivity contribution in [2.45, 2.75) is 27.3 Å². The third-order valence-electron chi connectivity index (χ3n) is 3.74. The van der Waals surface area contributed by atoms with Crippen LogP contribution in [0.25, 0.3) is 11.1 Å². The van der Waals surface area contributed by atoms with Crippen LogP contribution in [0.1, 0.15) is 29.2 Å². The number of carbonyl (C=O) groups is 1. The highest BCUT2D eigenvalue weighted by Crippen LogP contribution is 2.24. The average Bonchev–Trinajstić information content (AvgIpc) is 3.16. The van der Waals surface area contributed by atoms with E-state index in [2.05, 4.69) is 40.5 Å². The summed E-state index contributed by atoms with van der Waals surface area (Å²) in [6.07, 6.45) is 0. The Morgan fingerprint density at radius 3 is 2.42 bits per heavy atom. The summed E-state index contributed by atoms with van der Waals surface area (Å²) < 4.78 is 2.09. The van der Waals surface area contributed by atoms with Crippen LogP contribution in [-0.4, -0.2) is 10.4 Å². The van der Waals surface area contributed by atoms with Gasteiger partial charge in [-0.15, -0.1) is 12.4 Å². The molecule has 3 nitrogen and oxygen atoms in total. The first-order valence-corrected chi connectivity index (χ1v) is 9.24. The van der Waals surface area contributed by atoms with Gasteiger partial charge in [0.25, 0.3) is 0 Å². The molecule has 0 N–H and O–H groups in total. The van der Waals surface area contributed by atoms with Crippen LogP contribution in [0.4, 0.5) is 5.69 Å². The minimum Gasteiger partial charge on any atom is -0.321 e. The number of hydrogen-bond acceptors (Lipinski definition) is 4. The van der Waals surface area contributed by atoms with E-state index in [4.69, 9.17) is 4.99 Å². The minimum absolute atomic E-state index is 0. The zero-order chi connectivity index (χ0) is 16.4. The molecule has 6 heteroatoms. The van der Waals surface area contributed by atoms with E-state index in [9.17, 15) is 4.79 Å². The van der Waals surface area contributed by atoms with Gasteiger partial charge >= 0.3 is 0 Å². The molecule has 1 aromatic carbocycles. The summed E-state index contributed by atoms with van der Waals surface area (Å²) in [4.78, 5) is 18.1. The molecule has 0 atom stereocenters. The molecular formula is C18H19ClN2OS2. The fourth-order valence-corrected chi connectivity index (χ4v) is 4.31. The number of thiazole rings is 1. The molecule has 0 unspecified atom stereocenters. The molecular weight excluding hydrogens is 360 g/mol. The van der Waals surface area contributed by atoms with Crippen LogP contribution in [0.2, 0.25) is 0 Å². The van der Waals surface area contributed by atoms with E-state index >= 15 is 0 Å². The zero-order valence-electron chi connectivity index (χ0n) is 13.8. The van der Waals surface area contributed by atoms with E-state index in [0.29, 0.717) is 0 Å². The summed E-state index contributed by atoms with van der Waals surface area (Å²) in [6, 6.07) is 10.3. The van der Waals surface area contributed by atoms with Crippen LogP contribution in [0.15, 0.2) is 46.1 Å². The van der Waals surface area contributed by atoms with Crippen molar-refractivity contribution < 1.29 is 4.79 Å². The predicted octanol–water partition coefficient (Wildman–Crippen LogP) is 5.46. The lowest BCUT2D eigenvalue weighted by Gasteiger charge is -2.02. The second kappa shape index (κ2) is 7.92. The number of ketones is 1. The van der Waals surface area contributed by atoms with Crippen LogP contribution in [0.3, 0.4) is 0 Å². The largest absolute Gasteiger partial charge is 0.321 e. The molecule has 0 saturated carbocycles. The molecule has 0 spiro atoms. The molecule has 0 aliphatic carbocycles. The lowest BCUT2D eigenvalue weighted by Crippen LogP contribution is -2.14. The normalized spacial score (nSPS) is 11.4. The maximum absolute atomic E-state index is 11.7. The summed E-state index contributed by atoms with van der Waals surface area (Å²) in [5.74, 6) is 0.101. The Morgan fingerprint density at radius 2 is 1.88 bits per heavy atom. The van der Waals surface area contributed by atoms with Crippen LogP contribution >= 0.6 is 35.1 Å². The monoisotopic (exact) mass is 378 g/mol. The summed E-state index contributed by atoms with van der Waals surface area (Å²) in [7, 11) is 0. The maximum Gasteiger partial charge on any atom is 0.190 e. The molecule has 126 valence electrons. The van der Waals surface area contributed by atoms with E-state index in [1.807, 2.05) is 19.1 Å². The number of thiophene rings is 1. The van der Waals surface area contributed by atoms with Crippen molar-refractivity contribution in [2.75, 3.05) is 0 Å². The van der Waals surface area contributed by atoms with Crippen molar-refractivity contribution in [3.05, 3.63) is 56.5 Å². The minimum atomic E-state index is 0.